The highest BCUT2D eigenvalue weighted by molar-refractivity contribution is 6.17. The van der Waals surface area contributed by atoms with Crippen LogP contribution in [0.15, 0.2) is 36.4 Å². The summed E-state index contributed by atoms with van der Waals surface area (Å²) in [5.74, 6) is 1.59. The first-order valence-electron chi connectivity index (χ1n) is 11.9. The van der Waals surface area contributed by atoms with Gasteiger partial charge in [-0.15, -0.1) is 11.6 Å². The average Bonchev–Trinajstić information content (AvgIpc) is 3.15. The topological polar surface area (TPSA) is 76.5 Å². The summed E-state index contributed by atoms with van der Waals surface area (Å²) in [4.78, 5) is 20.2. The smallest absolute Gasteiger partial charge is 0.274 e. The van der Waals surface area contributed by atoms with Crippen molar-refractivity contribution in [3.63, 3.8) is 0 Å². The number of halogens is 1. The molecule has 3 rings (SSSR count). The number of anilines is 1. The van der Waals surface area contributed by atoms with Gasteiger partial charge in [0.05, 0.1) is 11.4 Å². The molecule has 33 heavy (non-hydrogen) atoms. The summed E-state index contributed by atoms with van der Waals surface area (Å²) in [6.45, 7) is 10.2. The Morgan fingerprint density at radius 1 is 1.03 bits per heavy atom. The van der Waals surface area contributed by atoms with Gasteiger partial charge in [0.2, 0.25) is 0 Å². The van der Waals surface area contributed by atoms with Gasteiger partial charge in [-0.2, -0.15) is 5.10 Å². The van der Waals surface area contributed by atoms with Crippen molar-refractivity contribution >= 4 is 28.8 Å². The van der Waals surface area contributed by atoms with Crippen molar-refractivity contribution in [2.24, 2.45) is 11.8 Å². The van der Waals surface area contributed by atoms with Crippen molar-refractivity contribution in [2.45, 2.75) is 53.4 Å². The Labute approximate surface area is 202 Å². The third kappa shape index (κ3) is 6.47. The fourth-order valence-electron chi connectivity index (χ4n) is 3.73. The maximum atomic E-state index is 13.4. The lowest BCUT2D eigenvalue weighted by atomic mass is 10.1. The van der Waals surface area contributed by atoms with Gasteiger partial charge in [0.1, 0.15) is 5.69 Å². The normalized spacial score (nSPS) is 11.6. The van der Waals surface area contributed by atoms with E-state index in [1.165, 1.54) is 0 Å². The quantitative estimate of drug-likeness (QED) is 0.289. The van der Waals surface area contributed by atoms with Crippen molar-refractivity contribution < 1.29 is 4.79 Å². The molecule has 0 bridgehead atoms. The molecule has 2 heterocycles. The van der Waals surface area contributed by atoms with E-state index in [9.17, 15) is 4.79 Å². The number of nitrogen functional groups attached to an aromatic ring is 1. The standard InChI is InChI=1S/C26H36ClN5O/c1-18(2)13-16-31(17-14-19(3)4)26(33)22-11-12-24-29-25(20-7-9-21(28)10-8-20)23(6-5-15-27)32(24)30-22/h7-12,18-19H,5-6,13-17,28H2,1-4H3. The number of fused-ring (bicyclic) bond motifs is 1. The third-order valence-electron chi connectivity index (χ3n) is 5.76. The number of aromatic nitrogens is 3. The van der Waals surface area contributed by atoms with Crippen molar-refractivity contribution in [3.05, 3.63) is 47.8 Å². The molecular formula is C26H36ClN5O. The zero-order valence-electron chi connectivity index (χ0n) is 20.2. The highest BCUT2D eigenvalue weighted by Crippen LogP contribution is 2.26. The molecule has 0 fully saturated rings. The first-order valence-corrected chi connectivity index (χ1v) is 12.4. The largest absolute Gasteiger partial charge is 0.399 e. The Hall–Kier alpha value is -2.60. The summed E-state index contributed by atoms with van der Waals surface area (Å²) in [6.07, 6.45) is 3.46. The lowest BCUT2D eigenvalue weighted by Crippen LogP contribution is -2.35. The number of nitrogens with zero attached hydrogens (tertiary/aromatic N) is 4. The molecule has 178 valence electrons. The van der Waals surface area contributed by atoms with Crippen LogP contribution in [-0.2, 0) is 6.42 Å². The highest BCUT2D eigenvalue weighted by Gasteiger charge is 2.21. The van der Waals surface area contributed by atoms with E-state index in [4.69, 9.17) is 27.4 Å². The second-order valence-electron chi connectivity index (χ2n) is 9.47. The number of hydrogen-bond donors (Lipinski definition) is 1. The van der Waals surface area contributed by atoms with E-state index >= 15 is 0 Å². The zero-order valence-corrected chi connectivity index (χ0v) is 21.0. The van der Waals surface area contributed by atoms with Crippen molar-refractivity contribution in [1.82, 2.24) is 19.5 Å². The van der Waals surface area contributed by atoms with Crippen LogP contribution in [0.4, 0.5) is 5.69 Å². The molecule has 3 aromatic rings. The number of rotatable bonds is 11. The van der Waals surface area contributed by atoms with Crippen LogP contribution in [0, 0.1) is 11.8 Å². The lowest BCUT2D eigenvalue weighted by Gasteiger charge is -2.24. The molecule has 0 aliphatic carbocycles. The van der Waals surface area contributed by atoms with Gasteiger partial charge in [0, 0.05) is 30.2 Å². The van der Waals surface area contributed by atoms with Crippen LogP contribution in [-0.4, -0.2) is 44.4 Å². The second-order valence-corrected chi connectivity index (χ2v) is 9.85. The summed E-state index contributed by atoms with van der Waals surface area (Å²) in [5.41, 5.74) is 10.5. The number of alkyl halides is 1. The van der Waals surface area contributed by atoms with Gasteiger partial charge in [-0.3, -0.25) is 4.79 Å². The van der Waals surface area contributed by atoms with E-state index in [0.29, 0.717) is 29.1 Å². The van der Waals surface area contributed by atoms with Crippen LogP contribution < -0.4 is 5.73 Å². The van der Waals surface area contributed by atoms with Crippen LogP contribution in [0.3, 0.4) is 0 Å². The van der Waals surface area contributed by atoms with Crippen LogP contribution in [0.5, 0.6) is 0 Å². The first-order chi connectivity index (χ1) is 15.8. The highest BCUT2D eigenvalue weighted by atomic mass is 35.5. The number of hydrogen-bond acceptors (Lipinski definition) is 4. The van der Waals surface area contributed by atoms with Gasteiger partial charge in [-0.1, -0.05) is 39.8 Å². The third-order valence-corrected chi connectivity index (χ3v) is 6.03. The molecule has 0 radical (unpaired) electrons. The predicted molar refractivity (Wildman–Crippen MR) is 137 cm³/mol. The maximum absolute atomic E-state index is 13.4. The Balaban J connectivity index is 1.99. The molecule has 7 heteroatoms. The summed E-state index contributed by atoms with van der Waals surface area (Å²) in [7, 11) is 0. The average molecular weight is 470 g/mol. The summed E-state index contributed by atoms with van der Waals surface area (Å²) in [6, 6.07) is 11.3. The second kappa shape index (κ2) is 11.5. The SMILES string of the molecule is CC(C)CCN(CCC(C)C)C(=O)c1ccc2nc(-c3ccc(N)cc3)c(CCCCl)n2n1. The number of carbonyl (C=O) groups is 1. The maximum Gasteiger partial charge on any atom is 0.274 e. The number of benzene rings is 1. The molecule has 0 aliphatic heterocycles. The van der Waals surface area contributed by atoms with Gasteiger partial charge in [0.15, 0.2) is 5.65 Å². The van der Waals surface area contributed by atoms with Gasteiger partial charge in [0.25, 0.3) is 5.91 Å². The molecule has 0 saturated heterocycles. The van der Waals surface area contributed by atoms with Crippen LogP contribution in [0.1, 0.15) is 63.1 Å². The molecule has 6 nitrogen and oxygen atoms in total. The van der Waals surface area contributed by atoms with Crippen molar-refractivity contribution in [3.8, 4) is 11.3 Å². The minimum absolute atomic E-state index is 0.0239. The van der Waals surface area contributed by atoms with E-state index in [1.54, 1.807) is 6.07 Å². The summed E-state index contributed by atoms with van der Waals surface area (Å²) in [5, 5.41) is 4.76. The van der Waals surface area contributed by atoms with E-state index in [1.807, 2.05) is 39.7 Å². The lowest BCUT2D eigenvalue weighted by molar-refractivity contribution is 0.0733. The fourth-order valence-corrected chi connectivity index (χ4v) is 3.86. The van der Waals surface area contributed by atoms with Gasteiger partial charge in [-0.05, 0) is 61.8 Å². The molecule has 0 atom stereocenters. The Bertz CT molecular complexity index is 1050. The van der Waals surface area contributed by atoms with E-state index in [-0.39, 0.29) is 5.91 Å². The Morgan fingerprint density at radius 2 is 1.67 bits per heavy atom. The molecule has 0 aliphatic rings. The number of aryl methyl sites for hydroxylation is 1. The number of amides is 1. The molecule has 0 saturated carbocycles. The predicted octanol–water partition coefficient (Wildman–Crippen LogP) is 5.68. The van der Waals surface area contributed by atoms with E-state index in [0.717, 1.165) is 61.4 Å². The zero-order chi connectivity index (χ0) is 24.0. The van der Waals surface area contributed by atoms with Gasteiger partial charge >= 0.3 is 0 Å². The molecular weight excluding hydrogens is 434 g/mol. The molecule has 2 aromatic heterocycles. The Kier molecular flexibility index (Phi) is 8.73. The first kappa shape index (κ1) is 25.0. The molecule has 2 N–H and O–H groups in total. The molecule has 1 aromatic carbocycles. The van der Waals surface area contributed by atoms with Crippen molar-refractivity contribution in [1.29, 1.82) is 0 Å². The Morgan fingerprint density at radius 3 is 2.24 bits per heavy atom. The van der Waals surface area contributed by atoms with E-state index < -0.39 is 0 Å². The number of nitrogens with two attached hydrogens (primary N) is 1. The molecule has 0 unspecified atom stereocenters. The summed E-state index contributed by atoms with van der Waals surface area (Å²) >= 11 is 6.01. The fraction of sp³-hybridized carbons (Fsp3) is 0.500. The van der Waals surface area contributed by atoms with E-state index in [2.05, 4.69) is 27.7 Å². The van der Waals surface area contributed by atoms with Crippen LogP contribution in [0.2, 0.25) is 0 Å². The minimum Gasteiger partial charge on any atom is -0.399 e. The van der Waals surface area contributed by atoms with Gasteiger partial charge in [-0.25, -0.2) is 9.50 Å². The minimum atomic E-state index is -0.0239. The summed E-state index contributed by atoms with van der Waals surface area (Å²) < 4.78 is 1.81. The van der Waals surface area contributed by atoms with Crippen LogP contribution >= 0.6 is 11.6 Å². The van der Waals surface area contributed by atoms with Crippen LogP contribution in [0.25, 0.3) is 16.9 Å². The van der Waals surface area contributed by atoms with Crippen molar-refractivity contribution in [2.75, 3.05) is 24.7 Å². The molecule has 1 amide bonds. The monoisotopic (exact) mass is 469 g/mol. The number of imidazole rings is 1. The van der Waals surface area contributed by atoms with Gasteiger partial charge < -0.3 is 10.6 Å². The number of carbonyl (C=O) groups excluding carboxylic acids is 1. The molecule has 0 spiro atoms.